The van der Waals surface area contributed by atoms with E-state index in [0.717, 1.165) is 12.1 Å². The first-order valence-corrected chi connectivity index (χ1v) is 15.2. The van der Waals surface area contributed by atoms with Crippen LogP contribution >= 0.6 is 22.7 Å². The van der Waals surface area contributed by atoms with Gasteiger partial charge < -0.3 is 5.11 Å². The average Bonchev–Trinajstić information content (AvgIpc) is 3.29. The zero-order valence-electron chi connectivity index (χ0n) is 19.6. The fourth-order valence-electron chi connectivity index (χ4n) is 5.71. The summed E-state index contributed by atoms with van der Waals surface area (Å²) in [5.41, 5.74) is 6.11. The lowest BCUT2D eigenvalue weighted by Crippen LogP contribution is -2.52. The molecule has 0 saturated carbocycles. The number of hydrogen-bond acceptors (Lipinski definition) is 3. The van der Waals surface area contributed by atoms with Gasteiger partial charge in [-0.3, -0.25) is 0 Å². The van der Waals surface area contributed by atoms with Gasteiger partial charge in [-0.05, 0) is 71.8 Å². The van der Waals surface area contributed by atoms with Crippen LogP contribution in [0.3, 0.4) is 0 Å². The van der Waals surface area contributed by atoms with Gasteiger partial charge in [0.05, 0.1) is 0 Å². The summed E-state index contributed by atoms with van der Waals surface area (Å²) in [5.74, 6) is 0.523. The molecule has 0 fully saturated rings. The van der Waals surface area contributed by atoms with Gasteiger partial charge in [0, 0.05) is 25.0 Å². The van der Waals surface area contributed by atoms with E-state index in [2.05, 4.69) is 79.7 Å². The minimum Gasteiger partial charge on any atom is -0.508 e. The number of hydrogen-bond donors (Lipinski definition) is 1. The predicted octanol–water partition coefficient (Wildman–Crippen LogP) is 7.79. The van der Waals surface area contributed by atoms with E-state index in [1.165, 1.54) is 46.9 Å². The van der Waals surface area contributed by atoms with Crippen molar-refractivity contribution < 1.29 is 5.11 Å². The maximum Gasteiger partial charge on any atom is 0.115 e. The maximum absolute atomic E-state index is 11.4. The molecular formula is C26H34OS2Si. The van der Waals surface area contributed by atoms with E-state index in [1.54, 1.807) is 0 Å². The van der Waals surface area contributed by atoms with Crippen LogP contribution in [0.5, 0.6) is 5.75 Å². The zero-order valence-corrected chi connectivity index (χ0v) is 22.2. The number of thiophene rings is 2. The number of benzene rings is 1. The first-order chi connectivity index (χ1) is 14.0. The fourth-order valence-corrected chi connectivity index (χ4v) is 13.3. The number of aromatic hydroxyl groups is 1. The van der Waals surface area contributed by atoms with Crippen molar-refractivity contribution in [2.45, 2.75) is 78.4 Å². The van der Waals surface area contributed by atoms with E-state index in [9.17, 15) is 5.11 Å². The number of rotatable bonds is 4. The summed E-state index contributed by atoms with van der Waals surface area (Å²) in [7, 11) is -2.06. The summed E-state index contributed by atoms with van der Waals surface area (Å²) >= 11 is 3.90. The fraction of sp³-hybridized carbons (Fsp3) is 0.462. The molecule has 3 aromatic rings. The van der Waals surface area contributed by atoms with Crippen molar-refractivity contribution in [1.29, 1.82) is 0 Å². The van der Waals surface area contributed by atoms with Crippen molar-refractivity contribution in [2.75, 3.05) is 0 Å². The Morgan fingerprint density at radius 1 is 0.867 bits per heavy atom. The van der Waals surface area contributed by atoms with Crippen molar-refractivity contribution in [2.24, 2.45) is 0 Å². The van der Waals surface area contributed by atoms with Gasteiger partial charge in [-0.2, -0.15) is 0 Å². The van der Waals surface area contributed by atoms with E-state index in [4.69, 9.17) is 0 Å². The molecule has 0 saturated heterocycles. The number of phenolic OH excluding ortho intramolecular Hbond substituents is 1. The summed E-state index contributed by atoms with van der Waals surface area (Å²) in [5, 5.41) is 12.6. The Balaban J connectivity index is 1.98. The Morgan fingerprint density at radius 2 is 1.37 bits per heavy atom. The molecule has 0 amide bonds. The van der Waals surface area contributed by atoms with E-state index in [1.807, 2.05) is 22.7 Å². The van der Waals surface area contributed by atoms with Crippen LogP contribution in [0.15, 0.2) is 24.3 Å². The summed E-state index contributed by atoms with van der Waals surface area (Å²) in [6, 6.07) is 11.6. The average molecular weight is 455 g/mol. The lowest BCUT2D eigenvalue weighted by atomic mass is 9.84. The Labute approximate surface area is 190 Å². The smallest absolute Gasteiger partial charge is 0.115 e. The molecule has 0 atom stereocenters. The highest BCUT2D eigenvalue weighted by Crippen LogP contribution is 2.56. The molecule has 0 radical (unpaired) electrons. The van der Waals surface area contributed by atoms with Crippen molar-refractivity contribution >= 4 is 35.9 Å². The highest BCUT2D eigenvalue weighted by atomic mass is 32.1. The van der Waals surface area contributed by atoms with Gasteiger partial charge in [0.1, 0.15) is 13.8 Å². The maximum atomic E-state index is 11.4. The van der Waals surface area contributed by atoms with Crippen LogP contribution in [0.1, 0.15) is 72.2 Å². The molecular weight excluding hydrogens is 421 g/mol. The highest BCUT2D eigenvalue weighted by molar-refractivity contribution is 7.23. The molecule has 2 aromatic heterocycles. The molecule has 0 spiro atoms. The Bertz CT molecular complexity index is 1060. The van der Waals surface area contributed by atoms with Gasteiger partial charge in [-0.25, -0.2) is 0 Å². The third-order valence-corrected chi connectivity index (χ3v) is 15.1. The lowest BCUT2D eigenvalue weighted by Gasteiger charge is -2.38. The summed E-state index contributed by atoms with van der Waals surface area (Å²) in [4.78, 5) is 5.79. The molecule has 160 valence electrons. The van der Waals surface area contributed by atoms with Crippen LogP contribution in [0.2, 0.25) is 12.1 Å². The van der Waals surface area contributed by atoms with Crippen LogP contribution in [0.25, 0.3) is 9.75 Å². The molecule has 4 heteroatoms. The topological polar surface area (TPSA) is 20.2 Å². The second-order valence-corrected chi connectivity index (χ2v) is 17.4. The minimum absolute atomic E-state index is 0.0331. The molecule has 0 unspecified atom stereocenters. The monoisotopic (exact) mass is 454 g/mol. The largest absolute Gasteiger partial charge is 0.508 e. The van der Waals surface area contributed by atoms with Crippen LogP contribution in [0, 0.1) is 20.8 Å². The van der Waals surface area contributed by atoms with Crippen molar-refractivity contribution in [3.05, 3.63) is 56.3 Å². The van der Waals surface area contributed by atoms with E-state index in [0.29, 0.717) is 11.3 Å². The van der Waals surface area contributed by atoms with Crippen molar-refractivity contribution in [3.8, 4) is 15.5 Å². The Morgan fingerprint density at radius 3 is 1.80 bits per heavy atom. The molecule has 1 aliphatic rings. The lowest BCUT2D eigenvalue weighted by molar-refractivity contribution is 0.474. The zero-order chi connectivity index (χ0) is 22.0. The molecule has 1 nitrogen and oxygen atoms in total. The SMILES string of the molecule is CC[Si](CC)(c1cc(C)c(C(C)(C)C)cc1O)C1c2cc(C)sc2-c2sc(C)cc21. The standard InChI is InChI=1S/C26H34OS2Si/c1-9-30(10-2,22-11-15(3)20(14-21(22)27)26(6,7)8)25-18-12-16(4)28-23(18)24-19(25)13-17(5)29-24/h11-14,25,27H,9-10H2,1-8H3. The predicted molar refractivity (Wildman–Crippen MR) is 137 cm³/mol. The third-order valence-electron chi connectivity index (χ3n) is 7.10. The first-order valence-electron chi connectivity index (χ1n) is 11.1. The van der Waals surface area contributed by atoms with E-state index < -0.39 is 8.07 Å². The number of fused-ring (bicyclic) bond motifs is 3. The summed E-state index contributed by atoms with van der Waals surface area (Å²) < 4.78 is 0. The molecule has 4 rings (SSSR count). The van der Waals surface area contributed by atoms with Gasteiger partial charge >= 0.3 is 0 Å². The molecule has 30 heavy (non-hydrogen) atoms. The van der Waals surface area contributed by atoms with Crippen LogP contribution in [-0.4, -0.2) is 13.2 Å². The Kier molecular flexibility index (Phi) is 5.36. The molecule has 2 heterocycles. The molecule has 0 bridgehead atoms. The number of aryl methyl sites for hydroxylation is 3. The van der Waals surface area contributed by atoms with Gasteiger partial charge in [0.25, 0.3) is 0 Å². The minimum atomic E-state index is -2.06. The van der Waals surface area contributed by atoms with Gasteiger partial charge in [0.2, 0.25) is 0 Å². The molecule has 1 N–H and O–H groups in total. The molecule has 1 aromatic carbocycles. The molecule has 1 aliphatic carbocycles. The molecule has 0 aliphatic heterocycles. The van der Waals surface area contributed by atoms with Crippen molar-refractivity contribution in [1.82, 2.24) is 0 Å². The van der Waals surface area contributed by atoms with Crippen LogP contribution in [0.4, 0.5) is 0 Å². The van der Waals surface area contributed by atoms with Crippen LogP contribution in [-0.2, 0) is 5.41 Å². The van der Waals surface area contributed by atoms with E-state index >= 15 is 0 Å². The highest BCUT2D eigenvalue weighted by Gasteiger charge is 2.49. The van der Waals surface area contributed by atoms with E-state index in [-0.39, 0.29) is 5.41 Å². The second-order valence-electron chi connectivity index (χ2n) is 10.0. The number of phenols is 1. The van der Waals surface area contributed by atoms with Gasteiger partial charge in [-0.1, -0.05) is 52.8 Å². The quantitative estimate of drug-likeness (QED) is 0.399. The third kappa shape index (κ3) is 3.14. The normalized spacial score (nSPS) is 14.3. The van der Waals surface area contributed by atoms with Crippen LogP contribution < -0.4 is 5.19 Å². The second kappa shape index (κ2) is 7.35. The summed E-state index contributed by atoms with van der Waals surface area (Å²) in [6.07, 6.45) is 0. The van der Waals surface area contributed by atoms with Gasteiger partial charge in [0.15, 0.2) is 0 Å². The first kappa shape index (κ1) is 21.9. The summed E-state index contributed by atoms with van der Waals surface area (Å²) in [6.45, 7) is 18.1. The van der Waals surface area contributed by atoms with Gasteiger partial charge in [-0.15, -0.1) is 22.7 Å². The Hall–Kier alpha value is -1.36. The van der Waals surface area contributed by atoms with Crippen molar-refractivity contribution in [3.63, 3.8) is 0 Å².